The number of imidazole rings is 1. The van der Waals surface area contributed by atoms with Crippen molar-refractivity contribution in [3.05, 3.63) is 83.1 Å². The summed E-state index contributed by atoms with van der Waals surface area (Å²) in [6.07, 6.45) is 7.48. The number of nitrogens with zero attached hydrogens (tertiary/aromatic N) is 10. The van der Waals surface area contributed by atoms with E-state index in [1.54, 1.807) is 33.6 Å². The highest BCUT2D eigenvalue weighted by Crippen LogP contribution is 2.36. The van der Waals surface area contributed by atoms with E-state index in [4.69, 9.17) is 30.9 Å². The molecule has 0 fully saturated rings. The van der Waals surface area contributed by atoms with Crippen molar-refractivity contribution in [2.24, 2.45) is 11.5 Å². The molecule has 0 atom stereocenters. The lowest BCUT2D eigenvalue weighted by Gasteiger charge is -2.12. The number of hydrogen-bond donors (Lipinski definition) is 4. The molecule has 6 aromatic heterocycles. The number of aryl methyl sites for hydroxylation is 4. The van der Waals surface area contributed by atoms with Crippen LogP contribution in [0.15, 0.2) is 54.9 Å². The molecule has 0 aliphatic carbocycles. The quantitative estimate of drug-likeness (QED) is 0.0741. The Hall–Kier alpha value is -7.64. The Morgan fingerprint density at radius 1 is 0.770 bits per heavy atom. The standard InChI is InChI=1S/C41H46N14O6/c1-6-54-30(16-23(3)50-54)36-45-22-28-27-18-25(34(42)56)20-32(60-14-10-11-15-61-41(59)44-5)33(27)52(37(28)48-36)12-8-9-13-53-38-29(19-26(21-46-38)35(43)57)47-40(53)49-39(58)31-17-24(4)51-55(31)7-2/h8-9,16-22H,6-7,10-15H2,1-5H3,(H2,42,56)(H2,43,57)(H,44,59)(H,47,49,58)/b9-8+. The first-order valence-corrected chi connectivity index (χ1v) is 19.7. The Morgan fingerprint density at radius 2 is 1.48 bits per heavy atom. The van der Waals surface area contributed by atoms with E-state index in [0.29, 0.717) is 82.0 Å². The molecule has 20 nitrogen and oxygen atoms in total. The van der Waals surface area contributed by atoms with Gasteiger partial charge < -0.3 is 30.8 Å². The number of nitrogens with one attached hydrogen (secondary N) is 2. The molecule has 0 saturated carbocycles. The lowest BCUT2D eigenvalue weighted by Crippen LogP contribution is -2.20. The normalized spacial score (nSPS) is 11.6. The first-order chi connectivity index (χ1) is 29.4. The minimum absolute atomic E-state index is 0.171. The predicted molar refractivity (Wildman–Crippen MR) is 226 cm³/mol. The van der Waals surface area contributed by atoms with Gasteiger partial charge in [0.15, 0.2) is 11.5 Å². The minimum atomic E-state index is -0.662. The summed E-state index contributed by atoms with van der Waals surface area (Å²) in [5, 5.41) is 15.6. The van der Waals surface area contributed by atoms with Gasteiger partial charge in [-0.25, -0.2) is 24.7 Å². The first kappa shape index (κ1) is 41.5. The summed E-state index contributed by atoms with van der Waals surface area (Å²) in [5.74, 6) is -0.642. The molecule has 0 radical (unpaired) electrons. The number of alkyl carbamates (subject to hydrolysis) is 1. The number of rotatable bonds is 17. The van der Waals surface area contributed by atoms with E-state index in [1.807, 2.05) is 55.2 Å². The molecule has 7 aromatic rings. The molecule has 0 bridgehead atoms. The van der Waals surface area contributed by atoms with Crippen molar-refractivity contribution in [1.82, 2.24) is 53.9 Å². The Labute approximate surface area is 348 Å². The number of primary amides is 2. The fraction of sp³-hybridized carbons (Fsp3) is 0.317. The van der Waals surface area contributed by atoms with Gasteiger partial charge in [-0.2, -0.15) is 10.2 Å². The number of carbonyl (C=O) groups excluding carboxylic acids is 4. The van der Waals surface area contributed by atoms with Crippen molar-refractivity contribution in [2.75, 3.05) is 25.6 Å². The number of pyridine rings is 1. The maximum atomic E-state index is 13.6. The summed E-state index contributed by atoms with van der Waals surface area (Å²) in [6, 6.07) is 8.46. The van der Waals surface area contributed by atoms with Crippen LogP contribution in [-0.4, -0.2) is 92.7 Å². The highest BCUT2D eigenvalue weighted by molar-refractivity contribution is 6.12. The van der Waals surface area contributed by atoms with Crippen LogP contribution < -0.4 is 26.8 Å². The van der Waals surface area contributed by atoms with E-state index in [1.165, 1.54) is 19.3 Å². The van der Waals surface area contributed by atoms with Gasteiger partial charge >= 0.3 is 6.09 Å². The van der Waals surface area contributed by atoms with Crippen LogP contribution >= 0.6 is 0 Å². The van der Waals surface area contributed by atoms with Crippen molar-refractivity contribution >= 4 is 62.9 Å². The molecule has 4 amide bonds. The van der Waals surface area contributed by atoms with Gasteiger partial charge in [-0.3, -0.25) is 33.6 Å². The second-order valence-corrected chi connectivity index (χ2v) is 14.1. The lowest BCUT2D eigenvalue weighted by atomic mass is 10.1. The Kier molecular flexibility index (Phi) is 12.0. The minimum Gasteiger partial charge on any atom is -0.491 e. The molecule has 316 valence electrons. The third kappa shape index (κ3) is 8.59. The van der Waals surface area contributed by atoms with Crippen LogP contribution in [0.3, 0.4) is 0 Å². The smallest absolute Gasteiger partial charge is 0.406 e. The van der Waals surface area contributed by atoms with Crippen LogP contribution in [0.2, 0.25) is 0 Å². The number of anilines is 1. The summed E-state index contributed by atoms with van der Waals surface area (Å²) in [6.45, 7) is 9.63. The molecule has 0 saturated heterocycles. The number of nitrogens with two attached hydrogens (primary N) is 2. The second-order valence-electron chi connectivity index (χ2n) is 14.1. The maximum absolute atomic E-state index is 13.6. The van der Waals surface area contributed by atoms with Crippen molar-refractivity contribution in [3.8, 4) is 17.3 Å². The third-order valence-electron chi connectivity index (χ3n) is 9.88. The molecule has 0 aliphatic heterocycles. The Bertz CT molecular complexity index is 2850. The van der Waals surface area contributed by atoms with E-state index in [2.05, 4.69) is 30.8 Å². The monoisotopic (exact) mass is 830 g/mol. The van der Waals surface area contributed by atoms with Crippen LogP contribution in [0.1, 0.15) is 69.3 Å². The Morgan fingerprint density at radius 3 is 2.20 bits per heavy atom. The third-order valence-corrected chi connectivity index (χ3v) is 9.88. The largest absolute Gasteiger partial charge is 0.491 e. The number of fused-ring (bicyclic) bond motifs is 4. The second kappa shape index (κ2) is 17.7. The molecule has 61 heavy (non-hydrogen) atoms. The van der Waals surface area contributed by atoms with Gasteiger partial charge in [-0.1, -0.05) is 12.2 Å². The number of unbranched alkanes of at least 4 members (excludes halogenated alkanes) is 1. The zero-order valence-electron chi connectivity index (χ0n) is 34.4. The summed E-state index contributed by atoms with van der Waals surface area (Å²) in [4.78, 5) is 68.6. The van der Waals surface area contributed by atoms with Crippen LogP contribution in [0.25, 0.3) is 44.6 Å². The molecule has 20 heteroatoms. The van der Waals surface area contributed by atoms with Crippen LogP contribution in [-0.2, 0) is 30.9 Å². The van der Waals surface area contributed by atoms with Crippen LogP contribution in [0, 0.1) is 13.8 Å². The van der Waals surface area contributed by atoms with E-state index in [-0.39, 0.29) is 43.4 Å². The van der Waals surface area contributed by atoms with E-state index < -0.39 is 23.8 Å². The number of carbonyl (C=O) groups is 4. The summed E-state index contributed by atoms with van der Waals surface area (Å²) in [7, 11) is 1.49. The predicted octanol–water partition coefficient (Wildman–Crippen LogP) is 4.27. The lowest BCUT2D eigenvalue weighted by molar-refractivity contribution is 0.0991. The highest BCUT2D eigenvalue weighted by Gasteiger charge is 2.22. The molecule has 0 unspecified atom stereocenters. The Balaban J connectivity index is 1.28. The van der Waals surface area contributed by atoms with E-state index in [9.17, 15) is 19.2 Å². The first-order valence-electron chi connectivity index (χ1n) is 19.7. The number of ether oxygens (including phenoxy) is 2. The SMILES string of the molecule is CCn1nc(C)cc1C(=O)Nc1nc2cc(C(N)=O)cnc2n1C/C=C/Cn1c2nc(-c3cc(C)nn3CC)ncc2c2cc(C(N)=O)cc(OCCCCOC(=O)NC)c21. The molecule has 0 aliphatic rings. The van der Waals surface area contributed by atoms with E-state index >= 15 is 0 Å². The van der Waals surface area contributed by atoms with Crippen LogP contribution in [0.5, 0.6) is 5.75 Å². The zero-order chi connectivity index (χ0) is 43.4. The molecule has 1 aromatic carbocycles. The number of allylic oxidation sites excluding steroid dienone is 2. The average Bonchev–Trinajstić information content (AvgIpc) is 4.00. The maximum Gasteiger partial charge on any atom is 0.406 e. The topological polar surface area (TPSA) is 260 Å². The molecule has 0 spiro atoms. The molecule has 7 rings (SSSR count). The number of benzene rings is 1. The molecule has 6 heterocycles. The van der Waals surface area contributed by atoms with Gasteiger partial charge in [0.2, 0.25) is 17.8 Å². The van der Waals surface area contributed by atoms with Crippen molar-refractivity contribution < 1.29 is 28.7 Å². The van der Waals surface area contributed by atoms with Gasteiger partial charge in [0, 0.05) is 62.0 Å². The van der Waals surface area contributed by atoms with Gasteiger partial charge in [0.1, 0.15) is 28.3 Å². The molecule has 6 N–H and O–H groups in total. The van der Waals surface area contributed by atoms with Gasteiger partial charge in [-0.15, -0.1) is 0 Å². The van der Waals surface area contributed by atoms with Gasteiger partial charge in [0.25, 0.3) is 5.91 Å². The number of aromatic nitrogens is 10. The highest BCUT2D eigenvalue weighted by atomic mass is 16.5. The molecular weight excluding hydrogens is 785 g/mol. The average molecular weight is 831 g/mol. The number of hydrogen-bond acceptors (Lipinski definition) is 12. The fourth-order valence-electron chi connectivity index (χ4n) is 7.02. The van der Waals surface area contributed by atoms with Crippen molar-refractivity contribution in [1.29, 1.82) is 0 Å². The van der Waals surface area contributed by atoms with Gasteiger partial charge in [0.05, 0.1) is 35.7 Å². The summed E-state index contributed by atoms with van der Waals surface area (Å²) < 4.78 is 18.6. The van der Waals surface area contributed by atoms with Crippen molar-refractivity contribution in [2.45, 2.75) is 66.7 Å². The summed E-state index contributed by atoms with van der Waals surface area (Å²) in [5.41, 5.74) is 16.4. The summed E-state index contributed by atoms with van der Waals surface area (Å²) >= 11 is 0. The van der Waals surface area contributed by atoms with E-state index in [0.717, 1.165) is 11.4 Å². The van der Waals surface area contributed by atoms with Gasteiger partial charge in [-0.05, 0) is 70.9 Å². The zero-order valence-corrected chi connectivity index (χ0v) is 34.4. The van der Waals surface area contributed by atoms with Crippen LogP contribution in [0.4, 0.5) is 10.7 Å². The number of amides is 4. The molecular formula is C41H46N14O6. The fourth-order valence-corrected chi connectivity index (χ4v) is 7.02. The van der Waals surface area contributed by atoms with Crippen molar-refractivity contribution in [3.63, 3.8) is 0 Å².